The lowest BCUT2D eigenvalue weighted by Gasteiger charge is -2.15. The van der Waals surface area contributed by atoms with Crippen LogP contribution in [0.15, 0.2) is 10.2 Å². The van der Waals surface area contributed by atoms with E-state index in [-0.39, 0.29) is 11.9 Å². The monoisotopic (exact) mass is 310 g/mol. The summed E-state index contributed by atoms with van der Waals surface area (Å²) in [6, 6.07) is 0. The molecule has 0 aliphatic carbocycles. The molecule has 1 aliphatic heterocycles. The molecule has 1 aromatic heterocycles. The fourth-order valence-corrected chi connectivity index (χ4v) is 3.59. The Bertz CT molecular complexity index is 516. The van der Waals surface area contributed by atoms with Crippen molar-refractivity contribution in [2.45, 2.75) is 50.7 Å². The number of nitrogens with zero attached hydrogens (tertiary/aromatic N) is 3. The number of hydrogen-bond acceptors (Lipinski definition) is 6. The van der Waals surface area contributed by atoms with E-state index in [0.29, 0.717) is 0 Å². The normalized spacial score (nSPS) is 19.1. The number of oxime groups is 1. The first-order valence-electron chi connectivity index (χ1n) is 7.31. The molecule has 0 amide bonds. The molecule has 0 spiro atoms. The van der Waals surface area contributed by atoms with Gasteiger partial charge in [-0.2, -0.15) is 5.10 Å². The lowest BCUT2D eigenvalue weighted by atomic mass is 10.0. The van der Waals surface area contributed by atoms with E-state index in [1.807, 2.05) is 13.8 Å². The summed E-state index contributed by atoms with van der Waals surface area (Å²) >= 11 is 1.57. The second kappa shape index (κ2) is 7.61. The maximum absolute atomic E-state index is 9.06. The van der Waals surface area contributed by atoms with Crippen LogP contribution in [-0.2, 0) is 17.6 Å². The molecule has 1 aliphatic rings. The Morgan fingerprint density at radius 2 is 2.24 bits per heavy atom. The van der Waals surface area contributed by atoms with Gasteiger partial charge in [-0.25, -0.2) is 0 Å². The Morgan fingerprint density at radius 1 is 1.43 bits per heavy atom. The zero-order valence-electron chi connectivity index (χ0n) is 12.5. The van der Waals surface area contributed by atoms with Crippen molar-refractivity contribution in [3.63, 3.8) is 0 Å². The van der Waals surface area contributed by atoms with Crippen LogP contribution in [0.3, 0.4) is 0 Å². The molecule has 0 saturated carbocycles. The van der Waals surface area contributed by atoms with Crippen LogP contribution in [0.5, 0.6) is 0 Å². The zero-order valence-corrected chi connectivity index (χ0v) is 13.3. The van der Waals surface area contributed by atoms with Gasteiger partial charge in [0, 0.05) is 12.4 Å². The van der Waals surface area contributed by atoms with Crippen LogP contribution < -0.4 is 5.73 Å². The number of aromatic nitrogens is 2. The predicted octanol–water partition coefficient (Wildman–Crippen LogP) is 1.97. The van der Waals surface area contributed by atoms with Crippen LogP contribution >= 0.6 is 11.8 Å². The Morgan fingerprint density at radius 3 is 2.81 bits per heavy atom. The molecule has 116 valence electrons. The van der Waals surface area contributed by atoms with Crippen molar-refractivity contribution in [1.82, 2.24) is 10.2 Å². The van der Waals surface area contributed by atoms with Crippen LogP contribution in [0, 0.1) is 0 Å². The summed E-state index contributed by atoms with van der Waals surface area (Å²) in [4.78, 5) is 0. The molecule has 0 radical (unpaired) electrons. The molecular formula is C14H22N4O2S. The molecule has 21 heavy (non-hydrogen) atoms. The summed E-state index contributed by atoms with van der Waals surface area (Å²) in [7, 11) is 0. The van der Waals surface area contributed by atoms with Crippen LogP contribution in [0.4, 0.5) is 0 Å². The van der Waals surface area contributed by atoms with E-state index in [1.54, 1.807) is 11.8 Å². The van der Waals surface area contributed by atoms with E-state index >= 15 is 0 Å². The average Bonchev–Trinajstić information content (AvgIpc) is 3.04. The Labute approximate surface area is 129 Å². The number of rotatable bonds is 6. The number of amidine groups is 1. The molecule has 2 rings (SSSR count). The van der Waals surface area contributed by atoms with Crippen LogP contribution in [0.2, 0.25) is 0 Å². The van der Waals surface area contributed by atoms with Gasteiger partial charge in [-0.15, -0.1) is 16.9 Å². The zero-order chi connectivity index (χ0) is 15.2. The summed E-state index contributed by atoms with van der Waals surface area (Å²) in [6.45, 7) is 4.90. The largest absolute Gasteiger partial charge is 0.409 e. The highest BCUT2D eigenvalue weighted by Gasteiger charge is 2.21. The summed E-state index contributed by atoms with van der Waals surface area (Å²) in [5.41, 5.74) is 8.50. The minimum absolute atomic E-state index is 0.103. The van der Waals surface area contributed by atoms with Gasteiger partial charge in [-0.3, -0.25) is 0 Å². The smallest absolute Gasteiger partial charge is 0.173 e. The predicted molar refractivity (Wildman–Crippen MR) is 83.0 cm³/mol. The average molecular weight is 310 g/mol. The minimum atomic E-state index is 0.103. The first-order valence-corrected chi connectivity index (χ1v) is 8.30. The number of nitrogens with two attached hydrogens (primary N) is 1. The van der Waals surface area contributed by atoms with Gasteiger partial charge >= 0.3 is 0 Å². The second-order valence-electron chi connectivity index (χ2n) is 4.94. The second-order valence-corrected chi connectivity index (χ2v) is 5.95. The highest BCUT2D eigenvalue weighted by Crippen LogP contribution is 2.28. The van der Waals surface area contributed by atoms with Gasteiger partial charge < -0.3 is 15.7 Å². The fourth-order valence-electron chi connectivity index (χ4n) is 2.52. The van der Waals surface area contributed by atoms with Crippen molar-refractivity contribution in [3.8, 4) is 0 Å². The first-order chi connectivity index (χ1) is 10.2. The maximum atomic E-state index is 9.06. The quantitative estimate of drug-likeness (QED) is 0.274. The highest BCUT2D eigenvalue weighted by atomic mass is 32.2. The Hall–Kier alpha value is -1.34. The van der Waals surface area contributed by atoms with Crippen molar-refractivity contribution in [3.05, 3.63) is 16.8 Å². The standard InChI is InChI=1S/C14H22N4O2S/c1-3-10-11(4-2)16-17-14(12(10)13(15)18-19)21-8-9-6-5-7-20-9/h9,19H,3-8H2,1-2H3,(H2,15,18). The van der Waals surface area contributed by atoms with Gasteiger partial charge in [0.05, 0.1) is 17.4 Å². The van der Waals surface area contributed by atoms with E-state index < -0.39 is 0 Å². The first kappa shape index (κ1) is 16.0. The van der Waals surface area contributed by atoms with Gasteiger partial charge in [-0.05, 0) is 31.2 Å². The molecule has 0 bridgehead atoms. The number of thioether (sulfide) groups is 1. The van der Waals surface area contributed by atoms with Gasteiger partial charge in [0.25, 0.3) is 0 Å². The molecule has 1 unspecified atom stereocenters. The Balaban J connectivity index is 2.30. The topological polar surface area (TPSA) is 93.6 Å². The molecule has 6 nitrogen and oxygen atoms in total. The third-order valence-electron chi connectivity index (χ3n) is 3.61. The van der Waals surface area contributed by atoms with E-state index in [1.165, 1.54) is 0 Å². The van der Waals surface area contributed by atoms with Crippen LogP contribution in [0.25, 0.3) is 0 Å². The van der Waals surface area contributed by atoms with Crippen molar-refractivity contribution in [1.29, 1.82) is 0 Å². The van der Waals surface area contributed by atoms with E-state index in [4.69, 9.17) is 15.7 Å². The molecule has 2 heterocycles. The van der Waals surface area contributed by atoms with Gasteiger partial charge in [-0.1, -0.05) is 19.0 Å². The van der Waals surface area contributed by atoms with E-state index in [0.717, 1.165) is 59.9 Å². The van der Waals surface area contributed by atoms with Crippen molar-refractivity contribution in [2.75, 3.05) is 12.4 Å². The van der Waals surface area contributed by atoms with E-state index in [2.05, 4.69) is 15.4 Å². The van der Waals surface area contributed by atoms with Crippen LogP contribution in [0.1, 0.15) is 43.5 Å². The third kappa shape index (κ3) is 3.65. The van der Waals surface area contributed by atoms with Crippen molar-refractivity contribution < 1.29 is 9.94 Å². The highest BCUT2D eigenvalue weighted by molar-refractivity contribution is 7.99. The SMILES string of the molecule is CCc1nnc(SCC2CCCO2)c(C(N)=NO)c1CC. The van der Waals surface area contributed by atoms with Gasteiger partial charge in [0.2, 0.25) is 0 Å². The van der Waals surface area contributed by atoms with Crippen molar-refractivity contribution in [2.24, 2.45) is 10.9 Å². The summed E-state index contributed by atoms with van der Waals surface area (Å²) in [5, 5.41) is 21.5. The molecule has 1 atom stereocenters. The van der Waals surface area contributed by atoms with Gasteiger partial charge in [0.15, 0.2) is 5.84 Å². The van der Waals surface area contributed by atoms with Gasteiger partial charge in [0.1, 0.15) is 5.03 Å². The number of ether oxygens (including phenoxy) is 1. The molecule has 0 aromatic carbocycles. The Kier molecular flexibility index (Phi) is 5.81. The molecule has 1 saturated heterocycles. The van der Waals surface area contributed by atoms with Crippen molar-refractivity contribution >= 4 is 17.6 Å². The summed E-state index contributed by atoms with van der Waals surface area (Å²) in [6.07, 6.45) is 4.00. The molecule has 7 heteroatoms. The molecule has 3 N–H and O–H groups in total. The summed E-state index contributed by atoms with van der Waals surface area (Å²) < 4.78 is 5.62. The van der Waals surface area contributed by atoms with Crippen LogP contribution in [-0.4, -0.2) is 39.7 Å². The lowest BCUT2D eigenvalue weighted by molar-refractivity contribution is 0.129. The fraction of sp³-hybridized carbons (Fsp3) is 0.643. The number of aryl methyl sites for hydroxylation is 1. The number of hydrogen-bond donors (Lipinski definition) is 2. The summed E-state index contributed by atoms with van der Waals surface area (Å²) in [5.74, 6) is 0.918. The maximum Gasteiger partial charge on any atom is 0.173 e. The lowest BCUT2D eigenvalue weighted by Crippen LogP contribution is -2.20. The third-order valence-corrected chi connectivity index (χ3v) is 4.71. The molecular weight excluding hydrogens is 288 g/mol. The van der Waals surface area contributed by atoms with E-state index in [9.17, 15) is 0 Å². The molecule has 1 fully saturated rings. The molecule has 1 aromatic rings. The minimum Gasteiger partial charge on any atom is -0.409 e.